The van der Waals surface area contributed by atoms with Gasteiger partial charge >= 0.3 is 0 Å². The van der Waals surface area contributed by atoms with Crippen LogP contribution in [0.1, 0.15) is 51.4 Å². The van der Waals surface area contributed by atoms with E-state index in [1.165, 1.54) is 0 Å². The Labute approximate surface area is 387 Å². The summed E-state index contributed by atoms with van der Waals surface area (Å²) in [6.45, 7) is 0. The summed E-state index contributed by atoms with van der Waals surface area (Å²) in [4.78, 5) is 1.90. The number of fused-ring (bicyclic) bond motifs is 8. The third kappa shape index (κ3) is 5.46. The van der Waals surface area contributed by atoms with Crippen LogP contribution in [0.15, 0.2) is 261 Å². The Morgan fingerprint density at radius 2 is 0.600 bits per heavy atom. The average molecular weight is 831 g/mol. The molecule has 0 atom stereocenters. The normalized spacial score (nSPS) is 14.9. The summed E-state index contributed by atoms with van der Waals surface area (Å²) in [7, 11) is 0. The van der Waals surface area contributed by atoms with Crippen LogP contribution in [0.2, 0.25) is 0 Å². The maximum atomic E-state index is 9.63. The molecule has 0 heterocycles. The zero-order valence-electron chi connectivity index (χ0n) is 40.4. The molecule has 11 aromatic carbocycles. The van der Waals surface area contributed by atoms with Gasteiger partial charge in [0.15, 0.2) is 0 Å². The lowest BCUT2D eigenvalue weighted by Crippen LogP contribution is -2.29. The van der Waals surface area contributed by atoms with E-state index in [-0.39, 0.29) is 17.8 Å². The van der Waals surface area contributed by atoms with Gasteiger partial charge in [-0.2, -0.15) is 0 Å². The SMILES string of the molecule is [2H]c1c([2H])c([2H])c(N(c2ccc3c(c2)C(c2ccccc2)(c2ccccc2)c2cc4ccccc4cc2-3)c2ccc3c(c2)C(c2ccccc2)(c2ccccc2)c2cc4ccccc4cc2-3)c([2H])c1[2H]. The molecule has 0 fully saturated rings. The van der Waals surface area contributed by atoms with Gasteiger partial charge in [0.05, 0.1) is 17.7 Å². The van der Waals surface area contributed by atoms with Crippen LogP contribution in [-0.2, 0) is 10.8 Å². The van der Waals surface area contributed by atoms with E-state index < -0.39 is 29.0 Å². The number of anilines is 3. The highest BCUT2D eigenvalue weighted by molar-refractivity contribution is 5.99. The first-order valence-corrected chi connectivity index (χ1v) is 22.3. The molecule has 0 saturated heterocycles. The minimum absolute atomic E-state index is 0.0726. The number of nitrogens with zero attached hydrogens (tertiary/aromatic N) is 1. The van der Waals surface area contributed by atoms with Crippen molar-refractivity contribution in [2.24, 2.45) is 0 Å². The van der Waals surface area contributed by atoms with Gasteiger partial charge in [0, 0.05) is 17.1 Å². The van der Waals surface area contributed by atoms with Crippen LogP contribution in [0.4, 0.5) is 17.1 Å². The monoisotopic (exact) mass is 830 g/mol. The Morgan fingerprint density at radius 3 is 0.969 bits per heavy atom. The standard InChI is InChI=1S/C64H43N/c1-6-24-48(25-7-1)63(49-26-8-2-9-27-49)59-40-46-22-18-16-20-44(46)38-57(59)55-36-34-53(42-61(55)63)65(52-32-14-5-15-33-52)54-35-37-56-58-39-45-21-17-19-23-47(45)41-60(58)64(62(56)43-54,50-28-10-3-11-29-50)51-30-12-4-13-31-51/h1-43H/i5D,14D,15D,32D,33D. The molecule has 1 nitrogen and oxygen atoms in total. The zero-order chi connectivity index (χ0) is 47.3. The fraction of sp³-hybridized carbons (Fsp3) is 0.0312. The molecule has 0 amide bonds. The van der Waals surface area contributed by atoms with E-state index in [9.17, 15) is 2.74 Å². The maximum absolute atomic E-state index is 9.63. The van der Waals surface area contributed by atoms with Crippen LogP contribution >= 0.6 is 0 Å². The molecule has 1 heteroatoms. The lowest BCUT2D eigenvalue weighted by atomic mass is 9.67. The Balaban J connectivity index is 1.14. The molecule has 0 spiro atoms. The lowest BCUT2D eigenvalue weighted by molar-refractivity contribution is 0.768. The predicted molar refractivity (Wildman–Crippen MR) is 271 cm³/mol. The van der Waals surface area contributed by atoms with Gasteiger partial charge < -0.3 is 4.90 Å². The molecular weight excluding hydrogens is 783 g/mol. The van der Waals surface area contributed by atoms with Gasteiger partial charge in [-0.15, -0.1) is 0 Å². The second kappa shape index (κ2) is 14.7. The molecule has 2 aliphatic carbocycles. The molecule has 0 aromatic heterocycles. The van der Waals surface area contributed by atoms with Gasteiger partial charge in [-0.3, -0.25) is 0 Å². The zero-order valence-corrected chi connectivity index (χ0v) is 35.4. The van der Waals surface area contributed by atoms with Crippen molar-refractivity contribution in [1.29, 1.82) is 0 Å². The van der Waals surface area contributed by atoms with Crippen molar-refractivity contribution >= 4 is 38.6 Å². The van der Waals surface area contributed by atoms with Crippen molar-refractivity contribution in [1.82, 2.24) is 0 Å². The second-order valence-electron chi connectivity index (χ2n) is 17.2. The van der Waals surface area contributed by atoms with Crippen molar-refractivity contribution in [2.45, 2.75) is 10.8 Å². The quantitative estimate of drug-likeness (QED) is 0.155. The first-order valence-electron chi connectivity index (χ1n) is 24.8. The van der Waals surface area contributed by atoms with E-state index in [2.05, 4.69) is 231 Å². The molecule has 0 unspecified atom stereocenters. The molecule has 13 rings (SSSR count). The highest BCUT2D eigenvalue weighted by atomic mass is 15.1. The minimum Gasteiger partial charge on any atom is -0.310 e. The van der Waals surface area contributed by atoms with Gasteiger partial charge in [0.2, 0.25) is 0 Å². The summed E-state index contributed by atoms with van der Waals surface area (Å²) >= 11 is 0. The summed E-state index contributed by atoms with van der Waals surface area (Å²) in [6.07, 6.45) is 0. The van der Waals surface area contributed by atoms with Crippen LogP contribution in [0.3, 0.4) is 0 Å². The summed E-state index contributed by atoms with van der Waals surface area (Å²) < 4.78 is 46.1. The number of hydrogen-bond acceptors (Lipinski definition) is 1. The molecule has 0 radical (unpaired) electrons. The van der Waals surface area contributed by atoms with Crippen LogP contribution in [-0.4, -0.2) is 0 Å². The van der Waals surface area contributed by atoms with Crippen molar-refractivity contribution < 1.29 is 6.85 Å². The number of rotatable bonds is 7. The van der Waals surface area contributed by atoms with Gasteiger partial charge in [-0.1, -0.05) is 200 Å². The first-order chi connectivity index (χ1) is 34.3. The Bertz CT molecular complexity index is 3560. The van der Waals surface area contributed by atoms with Crippen LogP contribution < -0.4 is 4.90 Å². The summed E-state index contributed by atoms with van der Waals surface area (Å²) in [5, 5.41) is 4.56. The molecule has 0 bridgehead atoms. The molecule has 0 aliphatic heterocycles. The highest BCUT2D eigenvalue weighted by Gasteiger charge is 2.48. The van der Waals surface area contributed by atoms with Gasteiger partial charge in [0.25, 0.3) is 0 Å². The Kier molecular flexibility index (Phi) is 7.31. The van der Waals surface area contributed by atoms with Crippen LogP contribution in [0.25, 0.3) is 43.8 Å². The molecule has 0 N–H and O–H groups in total. The largest absolute Gasteiger partial charge is 0.310 e. The fourth-order valence-corrected chi connectivity index (χ4v) is 11.4. The average Bonchev–Trinajstić information content (AvgIpc) is 3.86. The summed E-state index contributed by atoms with van der Waals surface area (Å²) in [5.41, 5.74) is 13.0. The molecular formula is C64H43N. The number of hydrogen-bond donors (Lipinski definition) is 0. The van der Waals surface area contributed by atoms with E-state index in [0.29, 0.717) is 11.4 Å². The van der Waals surface area contributed by atoms with E-state index >= 15 is 0 Å². The Morgan fingerprint density at radius 1 is 0.277 bits per heavy atom. The Hall–Kier alpha value is -8.26. The third-order valence-corrected chi connectivity index (χ3v) is 14.0. The molecule has 11 aromatic rings. The van der Waals surface area contributed by atoms with Crippen molar-refractivity contribution in [3.8, 4) is 22.3 Å². The van der Waals surface area contributed by atoms with Crippen molar-refractivity contribution in [2.75, 3.05) is 4.90 Å². The minimum atomic E-state index is -0.782. The number of para-hydroxylation sites is 1. The molecule has 2 aliphatic rings. The summed E-state index contributed by atoms with van der Waals surface area (Å²) in [5.74, 6) is 0. The summed E-state index contributed by atoms with van der Waals surface area (Å²) in [6, 6.07) is 79.9. The van der Waals surface area contributed by atoms with Gasteiger partial charge in [0.1, 0.15) is 0 Å². The maximum Gasteiger partial charge on any atom is 0.0714 e. The first kappa shape index (κ1) is 32.4. The van der Waals surface area contributed by atoms with Crippen molar-refractivity contribution in [3.63, 3.8) is 0 Å². The van der Waals surface area contributed by atoms with Crippen LogP contribution in [0.5, 0.6) is 0 Å². The van der Waals surface area contributed by atoms with Crippen molar-refractivity contribution in [3.05, 3.63) is 305 Å². The second-order valence-corrected chi connectivity index (χ2v) is 17.2. The van der Waals surface area contributed by atoms with E-state index in [1.807, 2.05) is 4.90 Å². The fourth-order valence-electron chi connectivity index (χ4n) is 11.4. The smallest absolute Gasteiger partial charge is 0.0714 e. The predicted octanol–water partition coefficient (Wildman–Crippen LogP) is 16.2. The highest BCUT2D eigenvalue weighted by Crippen LogP contribution is 2.60. The third-order valence-electron chi connectivity index (χ3n) is 14.0. The molecule has 0 saturated carbocycles. The van der Waals surface area contributed by atoms with Gasteiger partial charge in [-0.05, 0) is 149 Å². The van der Waals surface area contributed by atoms with E-state index in [0.717, 1.165) is 88.3 Å². The van der Waals surface area contributed by atoms with E-state index in [1.54, 1.807) is 0 Å². The molecule has 65 heavy (non-hydrogen) atoms. The van der Waals surface area contributed by atoms with E-state index in [4.69, 9.17) is 4.11 Å². The topological polar surface area (TPSA) is 3.24 Å². The lowest BCUT2D eigenvalue weighted by Gasteiger charge is -2.36. The van der Waals surface area contributed by atoms with Gasteiger partial charge in [-0.25, -0.2) is 0 Å². The van der Waals surface area contributed by atoms with Crippen LogP contribution in [0, 0.1) is 0 Å². The number of benzene rings is 11. The molecule has 304 valence electrons.